The van der Waals surface area contributed by atoms with E-state index in [1.165, 1.54) is 0 Å². The SMILES string of the molecule is CCOC(=O)c1c(C2CCC2)[nH]c2c(c1=O)C(=O)CC(C)(C)C2. The zero-order valence-corrected chi connectivity index (χ0v) is 14.0. The Kier molecular flexibility index (Phi) is 3.90. The van der Waals surface area contributed by atoms with E-state index >= 15 is 0 Å². The number of hydrogen-bond acceptors (Lipinski definition) is 4. The van der Waals surface area contributed by atoms with E-state index in [2.05, 4.69) is 4.98 Å². The minimum Gasteiger partial charge on any atom is -0.462 e. The van der Waals surface area contributed by atoms with Gasteiger partial charge in [-0.25, -0.2) is 4.79 Å². The van der Waals surface area contributed by atoms with E-state index in [4.69, 9.17) is 4.74 Å². The number of fused-ring (bicyclic) bond motifs is 1. The van der Waals surface area contributed by atoms with Crippen molar-refractivity contribution in [3.8, 4) is 0 Å². The molecule has 3 rings (SSSR count). The molecule has 1 aromatic heterocycles. The fraction of sp³-hybridized carbons (Fsp3) is 0.611. The first-order chi connectivity index (χ1) is 10.8. The van der Waals surface area contributed by atoms with E-state index in [1.54, 1.807) is 6.92 Å². The minimum atomic E-state index is -0.615. The average molecular weight is 317 g/mol. The normalized spacial score (nSPS) is 19.9. The second-order valence-electron chi connectivity index (χ2n) is 7.39. The molecule has 2 aliphatic carbocycles. The Hall–Kier alpha value is -1.91. The van der Waals surface area contributed by atoms with Crippen molar-refractivity contribution < 1.29 is 14.3 Å². The van der Waals surface area contributed by atoms with Crippen LogP contribution in [0.2, 0.25) is 0 Å². The van der Waals surface area contributed by atoms with Crippen molar-refractivity contribution in [2.75, 3.05) is 6.61 Å². The zero-order valence-electron chi connectivity index (χ0n) is 14.0. The number of H-pyrrole nitrogens is 1. The van der Waals surface area contributed by atoms with Crippen molar-refractivity contribution in [3.63, 3.8) is 0 Å². The zero-order chi connectivity index (χ0) is 16.8. The molecule has 1 N–H and O–H groups in total. The summed E-state index contributed by atoms with van der Waals surface area (Å²) in [5, 5.41) is 0. The molecule has 0 aliphatic heterocycles. The number of rotatable bonds is 3. The molecular weight excluding hydrogens is 294 g/mol. The van der Waals surface area contributed by atoms with E-state index in [-0.39, 0.29) is 34.8 Å². The van der Waals surface area contributed by atoms with E-state index < -0.39 is 11.4 Å². The molecule has 0 unspecified atom stereocenters. The maximum absolute atomic E-state index is 12.9. The molecule has 5 nitrogen and oxygen atoms in total. The van der Waals surface area contributed by atoms with Crippen molar-refractivity contribution in [1.82, 2.24) is 4.98 Å². The van der Waals surface area contributed by atoms with Crippen LogP contribution < -0.4 is 5.43 Å². The maximum Gasteiger partial charge on any atom is 0.343 e. The second-order valence-corrected chi connectivity index (χ2v) is 7.39. The van der Waals surface area contributed by atoms with E-state index in [0.717, 1.165) is 19.3 Å². The topological polar surface area (TPSA) is 76.2 Å². The van der Waals surface area contributed by atoms with Gasteiger partial charge in [0.05, 0.1) is 12.2 Å². The lowest BCUT2D eigenvalue weighted by atomic mass is 9.74. The molecule has 0 saturated heterocycles. The highest BCUT2D eigenvalue weighted by Crippen LogP contribution is 2.39. The molecule has 1 aromatic rings. The Morgan fingerprint density at radius 3 is 2.52 bits per heavy atom. The number of nitrogens with one attached hydrogen (secondary N) is 1. The van der Waals surface area contributed by atoms with Crippen LogP contribution in [0.15, 0.2) is 4.79 Å². The standard InChI is InChI=1S/C18H23NO4/c1-4-23-17(22)14-15(10-6-5-7-10)19-11-8-18(2,3)9-12(20)13(11)16(14)21/h10H,4-9H2,1-3H3,(H,19,21). The van der Waals surface area contributed by atoms with Gasteiger partial charge in [0.15, 0.2) is 5.78 Å². The lowest BCUT2D eigenvalue weighted by Crippen LogP contribution is -2.37. The Morgan fingerprint density at radius 1 is 1.26 bits per heavy atom. The van der Waals surface area contributed by atoms with Gasteiger partial charge in [-0.05, 0) is 31.6 Å². The van der Waals surface area contributed by atoms with Crippen LogP contribution in [0.3, 0.4) is 0 Å². The summed E-state index contributed by atoms with van der Waals surface area (Å²) in [5.74, 6) is -0.605. The first-order valence-corrected chi connectivity index (χ1v) is 8.33. The van der Waals surface area contributed by atoms with Gasteiger partial charge in [0.2, 0.25) is 5.43 Å². The van der Waals surface area contributed by atoms with Gasteiger partial charge in [-0.2, -0.15) is 0 Å². The van der Waals surface area contributed by atoms with Crippen molar-refractivity contribution >= 4 is 11.8 Å². The summed E-state index contributed by atoms with van der Waals surface area (Å²) < 4.78 is 5.07. The third-order valence-electron chi connectivity index (χ3n) is 4.88. The molecule has 0 bridgehead atoms. The molecule has 0 atom stereocenters. The smallest absolute Gasteiger partial charge is 0.343 e. The molecule has 23 heavy (non-hydrogen) atoms. The summed E-state index contributed by atoms with van der Waals surface area (Å²) >= 11 is 0. The van der Waals surface area contributed by atoms with Crippen LogP contribution in [-0.2, 0) is 11.2 Å². The molecule has 0 aromatic carbocycles. The van der Waals surface area contributed by atoms with E-state index in [9.17, 15) is 14.4 Å². The number of aromatic amines is 1. The van der Waals surface area contributed by atoms with Crippen molar-refractivity contribution in [3.05, 3.63) is 32.7 Å². The van der Waals surface area contributed by atoms with Crippen LogP contribution in [0.4, 0.5) is 0 Å². The Labute approximate surface area is 135 Å². The Morgan fingerprint density at radius 2 is 1.96 bits per heavy atom. The maximum atomic E-state index is 12.9. The fourth-order valence-electron chi connectivity index (χ4n) is 3.57. The number of ether oxygens (including phenoxy) is 1. The second kappa shape index (κ2) is 5.62. The quantitative estimate of drug-likeness (QED) is 0.870. The van der Waals surface area contributed by atoms with Crippen LogP contribution in [-0.4, -0.2) is 23.3 Å². The van der Waals surface area contributed by atoms with Gasteiger partial charge < -0.3 is 9.72 Å². The molecular formula is C18H23NO4. The Balaban J connectivity index is 2.20. The van der Waals surface area contributed by atoms with Crippen LogP contribution in [0.1, 0.15) is 84.5 Å². The summed E-state index contributed by atoms with van der Waals surface area (Å²) in [7, 11) is 0. The molecule has 2 aliphatic rings. The first-order valence-electron chi connectivity index (χ1n) is 8.33. The summed E-state index contributed by atoms with van der Waals surface area (Å²) in [4.78, 5) is 40.9. The van der Waals surface area contributed by atoms with Crippen LogP contribution in [0.5, 0.6) is 0 Å². The highest BCUT2D eigenvalue weighted by atomic mass is 16.5. The van der Waals surface area contributed by atoms with Crippen molar-refractivity contribution in [2.45, 2.75) is 58.8 Å². The Bertz CT molecular complexity index is 725. The molecule has 1 saturated carbocycles. The van der Waals surface area contributed by atoms with Gasteiger partial charge in [0.25, 0.3) is 0 Å². The molecule has 0 amide bonds. The minimum absolute atomic E-state index is 0.0448. The summed E-state index contributed by atoms with van der Waals surface area (Å²) in [5.41, 5.74) is 0.948. The number of aromatic nitrogens is 1. The number of carbonyl (C=O) groups excluding carboxylic acids is 2. The monoisotopic (exact) mass is 317 g/mol. The number of Topliss-reactive ketones (excluding diaryl/α,β-unsaturated/α-hetero) is 1. The summed E-state index contributed by atoms with van der Waals surface area (Å²) in [6, 6.07) is 0. The van der Waals surface area contributed by atoms with Gasteiger partial charge in [-0.1, -0.05) is 20.3 Å². The molecule has 124 valence electrons. The van der Waals surface area contributed by atoms with Crippen LogP contribution in [0, 0.1) is 5.41 Å². The summed E-state index contributed by atoms with van der Waals surface area (Å²) in [6.45, 7) is 5.96. The van der Waals surface area contributed by atoms with Gasteiger partial charge in [-0.3, -0.25) is 9.59 Å². The average Bonchev–Trinajstić information content (AvgIpc) is 2.34. The van der Waals surface area contributed by atoms with Gasteiger partial charge in [0, 0.05) is 23.7 Å². The van der Waals surface area contributed by atoms with Gasteiger partial charge in [-0.15, -0.1) is 0 Å². The fourth-order valence-corrected chi connectivity index (χ4v) is 3.57. The van der Waals surface area contributed by atoms with Crippen LogP contribution >= 0.6 is 0 Å². The largest absolute Gasteiger partial charge is 0.462 e. The van der Waals surface area contributed by atoms with Gasteiger partial charge >= 0.3 is 5.97 Å². The number of carbonyl (C=O) groups is 2. The highest BCUT2D eigenvalue weighted by Gasteiger charge is 2.37. The number of hydrogen-bond donors (Lipinski definition) is 1. The third kappa shape index (κ3) is 2.73. The summed E-state index contributed by atoms with van der Waals surface area (Å²) in [6.07, 6.45) is 3.98. The number of esters is 1. The lowest BCUT2D eigenvalue weighted by Gasteiger charge is -2.33. The molecule has 1 fully saturated rings. The predicted molar refractivity (Wildman–Crippen MR) is 86.0 cm³/mol. The van der Waals surface area contributed by atoms with Crippen LogP contribution in [0.25, 0.3) is 0 Å². The van der Waals surface area contributed by atoms with Gasteiger partial charge in [0.1, 0.15) is 5.56 Å². The molecule has 0 spiro atoms. The highest BCUT2D eigenvalue weighted by molar-refractivity contribution is 6.01. The first kappa shape index (κ1) is 16.0. The molecule has 0 radical (unpaired) electrons. The number of pyridine rings is 1. The van der Waals surface area contributed by atoms with Crippen molar-refractivity contribution in [2.24, 2.45) is 5.41 Å². The predicted octanol–water partition coefficient (Wildman–Crippen LogP) is 2.97. The molecule has 5 heteroatoms. The van der Waals surface area contributed by atoms with Crippen molar-refractivity contribution in [1.29, 1.82) is 0 Å². The number of ketones is 1. The van der Waals surface area contributed by atoms with E-state index in [1.807, 2.05) is 13.8 Å². The van der Waals surface area contributed by atoms with E-state index in [0.29, 0.717) is 24.2 Å². The lowest BCUT2D eigenvalue weighted by molar-refractivity contribution is 0.0521. The third-order valence-corrected chi connectivity index (χ3v) is 4.88. The molecule has 1 heterocycles.